The molecule has 0 radical (unpaired) electrons. The van der Waals surface area contributed by atoms with Crippen LogP contribution >= 0.6 is 0 Å². The molecule has 2 unspecified atom stereocenters. The average Bonchev–Trinajstić information content (AvgIpc) is 3.07. The van der Waals surface area contributed by atoms with Crippen LogP contribution < -0.4 is 5.73 Å². The van der Waals surface area contributed by atoms with Crippen molar-refractivity contribution >= 4 is 0 Å². The van der Waals surface area contributed by atoms with Crippen molar-refractivity contribution < 1.29 is 0 Å². The number of nitriles is 1. The van der Waals surface area contributed by atoms with Crippen LogP contribution in [0.1, 0.15) is 54.4 Å². The first-order valence-corrected chi connectivity index (χ1v) is 6.63. The van der Waals surface area contributed by atoms with Gasteiger partial charge >= 0.3 is 0 Å². The summed E-state index contributed by atoms with van der Waals surface area (Å²) in [5.41, 5.74) is 11.9. The van der Waals surface area contributed by atoms with Crippen molar-refractivity contribution in [3.8, 4) is 6.07 Å². The molecule has 0 bridgehead atoms. The average molecular weight is 238 g/mol. The van der Waals surface area contributed by atoms with Crippen molar-refractivity contribution in [1.29, 1.82) is 5.26 Å². The highest BCUT2D eigenvalue weighted by Crippen LogP contribution is 2.52. The minimum Gasteiger partial charge on any atom is -0.402 e. The fourth-order valence-electron chi connectivity index (χ4n) is 3.13. The van der Waals surface area contributed by atoms with Gasteiger partial charge in [0, 0.05) is 12.1 Å². The minimum atomic E-state index is 0.440. The number of hydrogen-bond donors (Lipinski definition) is 1. The first kappa shape index (κ1) is 11.3. The lowest BCUT2D eigenvalue weighted by atomic mass is 9.87. The maximum absolute atomic E-state index is 9.18. The van der Waals surface area contributed by atoms with Crippen molar-refractivity contribution in [3.63, 3.8) is 0 Å². The molecule has 2 nitrogen and oxygen atoms in total. The van der Waals surface area contributed by atoms with Crippen LogP contribution in [0.2, 0.25) is 0 Å². The Labute approximate surface area is 108 Å². The van der Waals surface area contributed by atoms with Gasteiger partial charge in [-0.3, -0.25) is 0 Å². The summed E-state index contributed by atoms with van der Waals surface area (Å²) in [4.78, 5) is 0. The van der Waals surface area contributed by atoms with E-state index in [4.69, 9.17) is 5.73 Å². The Kier molecular flexibility index (Phi) is 2.45. The second-order valence-electron chi connectivity index (χ2n) is 5.82. The van der Waals surface area contributed by atoms with Crippen LogP contribution in [0, 0.1) is 17.2 Å². The van der Waals surface area contributed by atoms with Gasteiger partial charge in [0.1, 0.15) is 0 Å². The molecule has 2 heteroatoms. The number of nitrogens with two attached hydrogens (primary N) is 1. The van der Waals surface area contributed by atoms with E-state index < -0.39 is 0 Å². The zero-order chi connectivity index (χ0) is 12.9. The molecular weight excluding hydrogens is 220 g/mol. The van der Waals surface area contributed by atoms with Crippen molar-refractivity contribution in [1.82, 2.24) is 0 Å². The van der Waals surface area contributed by atoms with E-state index in [-0.39, 0.29) is 0 Å². The molecule has 1 saturated carbocycles. The highest BCUT2D eigenvalue weighted by atomic mass is 14.6. The van der Waals surface area contributed by atoms with Gasteiger partial charge in [0.25, 0.3) is 0 Å². The normalized spacial score (nSPS) is 24.7. The maximum atomic E-state index is 9.18. The summed E-state index contributed by atoms with van der Waals surface area (Å²) in [7, 11) is 0. The summed E-state index contributed by atoms with van der Waals surface area (Å²) in [6.07, 6.45) is 4.27. The lowest BCUT2D eigenvalue weighted by Crippen LogP contribution is -2.07. The van der Waals surface area contributed by atoms with Gasteiger partial charge in [-0.1, -0.05) is 19.9 Å². The molecule has 2 atom stereocenters. The first-order valence-electron chi connectivity index (χ1n) is 6.63. The van der Waals surface area contributed by atoms with Gasteiger partial charge in [-0.2, -0.15) is 5.26 Å². The number of rotatable bonds is 1. The first-order chi connectivity index (χ1) is 8.60. The summed E-state index contributed by atoms with van der Waals surface area (Å²) >= 11 is 0. The zero-order valence-corrected chi connectivity index (χ0v) is 10.9. The van der Waals surface area contributed by atoms with E-state index in [1.165, 1.54) is 23.1 Å². The van der Waals surface area contributed by atoms with Gasteiger partial charge in [0.05, 0.1) is 11.6 Å². The minimum absolute atomic E-state index is 0.440. The van der Waals surface area contributed by atoms with Crippen LogP contribution in [0.15, 0.2) is 23.9 Å². The Balaban J connectivity index is 2.20. The van der Waals surface area contributed by atoms with E-state index >= 15 is 0 Å². The molecule has 0 amide bonds. The monoisotopic (exact) mass is 238 g/mol. The van der Waals surface area contributed by atoms with Crippen molar-refractivity contribution in [3.05, 3.63) is 46.2 Å². The van der Waals surface area contributed by atoms with E-state index in [0.29, 0.717) is 17.8 Å². The summed E-state index contributed by atoms with van der Waals surface area (Å²) in [5.74, 6) is 1.65. The molecule has 1 aromatic rings. The summed E-state index contributed by atoms with van der Waals surface area (Å²) in [6, 6.07) is 6.42. The van der Waals surface area contributed by atoms with Gasteiger partial charge in [-0.25, -0.2) is 0 Å². The van der Waals surface area contributed by atoms with Gasteiger partial charge in [-0.15, -0.1) is 0 Å². The molecule has 2 N–H and O–H groups in total. The molecule has 2 aliphatic rings. The second kappa shape index (κ2) is 3.88. The van der Waals surface area contributed by atoms with Crippen LogP contribution in [0.4, 0.5) is 0 Å². The highest BCUT2D eigenvalue weighted by Gasteiger charge is 2.40. The van der Waals surface area contributed by atoms with E-state index in [2.05, 4.69) is 32.1 Å². The number of hydrogen-bond acceptors (Lipinski definition) is 2. The number of benzene rings is 1. The topological polar surface area (TPSA) is 49.8 Å². The molecule has 0 saturated heterocycles. The summed E-state index contributed by atoms with van der Waals surface area (Å²) in [5, 5.41) is 9.18. The van der Waals surface area contributed by atoms with Crippen molar-refractivity contribution in [2.45, 2.75) is 38.5 Å². The number of allylic oxidation sites excluding steroid dienone is 2. The SMILES string of the molecule is CC(C)c1cc(C#N)cc2c1CC(N)=CC1CC21. The third kappa shape index (κ3) is 1.71. The third-order valence-electron chi connectivity index (χ3n) is 4.12. The van der Waals surface area contributed by atoms with Gasteiger partial charge in [-0.05, 0) is 53.0 Å². The van der Waals surface area contributed by atoms with Crippen LogP contribution in [-0.4, -0.2) is 0 Å². The Morgan fingerprint density at radius 1 is 1.39 bits per heavy atom. The predicted octanol–water partition coefficient (Wildman–Crippen LogP) is 3.18. The Bertz CT molecular complexity index is 575. The Morgan fingerprint density at radius 2 is 2.17 bits per heavy atom. The smallest absolute Gasteiger partial charge is 0.0991 e. The molecule has 0 aliphatic heterocycles. The fraction of sp³-hybridized carbons (Fsp3) is 0.438. The molecule has 18 heavy (non-hydrogen) atoms. The van der Waals surface area contributed by atoms with Crippen LogP contribution in [0.5, 0.6) is 0 Å². The van der Waals surface area contributed by atoms with Crippen molar-refractivity contribution in [2.75, 3.05) is 0 Å². The fourth-order valence-corrected chi connectivity index (χ4v) is 3.13. The number of fused-ring (bicyclic) bond motifs is 3. The lowest BCUT2D eigenvalue weighted by molar-refractivity contribution is 0.837. The van der Waals surface area contributed by atoms with E-state index in [1.54, 1.807) is 0 Å². The van der Waals surface area contributed by atoms with Crippen LogP contribution in [0.25, 0.3) is 0 Å². The Hall–Kier alpha value is -1.75. The second-order valence-corrected chi connectivity index (χ2v) is 5.82. The molecule has 0 heterocycles. The third-order valence-corrected chi connectivity index (χ3v) is 4.12. The van der Waals surface area contributed by atoms with Gasteiger partial charge < -0.3 is 5.73 Å². The molecule has 1 fully saturated rings. The maximum Gasteiger partial charge on any atom is 0.0991 e. The van der Waals surface area contributed by atoms with Crippen molar-refractivity contribution in [2.24, 2.45) is 11.7 Å². The standard InChI is InChI=1S/C16H18N2/c1-9(2)13-3-10(8-17)4-15-14-6-11(14)5-12(18)7-16(13)15/h3-5,9,11,14H,6-7,18H2,1-2H3. The molecule has 1 aromatic carbocycles. The number of nitrogens with zero attached hydrogens (tertiary/aromatic N) is 1. The van der Waals surface area contributed by atoms with Gasteiger partial charge in [0.15, 0.2) is 0 Å². The largest absolute Gasteiger partial charge is 0.402 e. The highest BCUT2D eigenvalue weighted by molar-refractivity contribution is 5.51. The van der Waals surface area contributed by atoms with E-state index in [9.17, 15) is 5.26 Å². The summed E-state index contributed by atoms with van der Waals surface area (Å²) in [6.45, 7) is 4.37. The lowest BCUT2D eigenvalue weighted by Gasteiger charge is -2.17. The zero-order valence-electron chi connectivity index (χ0n) is 10.9. The molecular formula is C16H18N2. The van der Waals surface area contributed by atoms with E-state index in [0.717, 1.165) is 17.7 Å². The van der Waals surface area contributed by atoms with E-state index in [1.807, 2.05) is 6.07 Å². The van der Waals surface area contributed by atoms with Crippen LogP contribution in [0.3, 0.4) is 0 Å². The molecule has 92 valence electrons. The van der Waals surface area contributed by atoms with Gasteiger partial charge in [0.2, 0.25) is 0 Å². The molecule has 2 aliphatic carbocycles. The molecule has 0 aromatic heterocycles. The summed E-state index contributed by atoms with van der Waals surface area (Å²) < 4.78 is 0. The molecule has 3 rings (SSSR count). The van der Waals surface area contributed by atoms with Crippen LogP contribution in [-0.2, 0) is 6.42 Å². The Morgan fingerprint density at radius 3 is 2.83 bits per heavy atom. The predicted molar refractivity (Wildman–Crippen MR) is 72.1 cm³/mol. The molecule has 0 spiro atoms. The quantitative estimate of drug-likeness (QED) is 0.816.